The van der Waals surface area contributed by atoms with Crippen molar-refractivity contribution in [2.45, 2.75) is 38.5 Å². The molecule has 0 bridgehead atoms. The number of methoxy groups -OCH3 is 1. The first kappa shape index (κ1) is 20.3. The van der Waals surface area contributed by atoms with Crippen molar-refractivity contribution in [1.29, 1.82) is 0 Å². The predicted octanol–water partition coefficient (Wildman–Crippen LogP) is 5.08. The van der Waals surface area contributed by atoms with E-state index in [-0.39, 0.29) is 23.7 Å². The van der Waals surface area contributed by atoms with Gasteiger partial charge in [0.1, 0.15) is 0 Å². The zero-order chi connectivity index (χ0) is 22.4. The van der Waals surface area contributed by atoms with Crippen molar-refractivity contribution >= 4 is 23.1 Å². The van der Waals surface area contributed by atoms with Gasteiger partial charge in [-0.25, -0.2) is 0 Å². The number of benzene rings is 2. The van der Waals surface area contributed by atoms with Crippen LogP contribution in [0.25, 0.3) is 5.57 Å². The standard InChI is InChI=1S/C27H26N2O3/c1-15-14-28-26(17(15)12-13-22(30)32-3)24-16(2)23(18-8-4-5-9-19(18)24)25-20-10-6-7-11-21(20)29-27(25)31/h4-11,14,23,25,28H,12-13H2,1-3H3,(H,29,31). The number of aromatic amines is 1. The molecular formula is C27H26N2O3. The molecule has 5 rings (SSSR count). The largest absolute Gasteiger partial charge is 0.469 e. The second-order valence-electron chi connectivity index (χ2n) is 8.58. The van der Waals surface area contributed by atoms with Crippen molar-refractivity contribution in [2.75, 3.05) is 12.4 Å². The lowest BCUT2D eigenvalue weighted by Gasteiger charge is -2.21. The van der Waals surface area contributed by atoms with Crippen molar-refractivity contribution < 1.29 is 14.3 Å². The van der Waals surface area contributed by atoms with Gasteiger partial charge in [0.15, 0.2) is 0 Å². The minimum atomic E-state index is -0.264. The smallest absolute Gasteiger partial charge is 0.305 e. The molecule has 162 valence electrons. The van der Waals surface area contributed by atoms with E-state index in [1.807, 2.05) is 42.6 Å². The summed E-state index contributed by atoms with van der Waals surface area (Å²) < 4.78 is 4.86. The number of aryl methyl sites for hydroxylation is 1. The number of allylic oxidation sites excluding steroid dienone is 1. The maximum Gasteiger partial charge on any atom is 0.305 e. The van der Waals surface area contributed by atoms with Gasteiger partial charge < -0.3 is 15.0 Å². The molecule has 0 radical (unpaired) electrons. The van der Waals surface area contributed by atoms with Crippen LogP contribution in [0, 0.1) is 6.92 Å². The summed E-state index contributed by atoms with van der Waals surface area (Å²) in [6, 6.07) is 16.3. The number of aromatic nitrogens is 1. The van der Waals surface area contributed by atoms with Gasteiger partial charge in [-0.1, -0.05) is 48.0 Å². The molecule has 0 saturated heterocycles. The minimum absolute atomic E-state index is 0.0399. The van der Waals surface area contributed by atoms with Gasteiger partial charge in [0.25, 0.3) is 0 Å². The SMILES string of the molecule is COC(=O)CCc1c(C)c[nH]c1C1=C(C)C(C2C(=O)Nc3ccccc32)c2ccccc21. The van der Waals surface area contributed by atoms with E-state index >= 15 is 0 Å². The molecule has 1 amide bonds. The topological polar surface area (TPSA) is 71.2 Å². The van der Waals surface area contributed by atoms with Gasteiger partial charge in [0.05, 0.1) is 13.0 Å². The van der Waals surface area contributed by atoms with Crippen LogP contribution >= 0.6 is 0 Å². The second kappa shape index (κ2) is 7.83. The lowest BCUT2D eigenvalue weighted by atomic mass is 9.80. The summed E-state index contributed by atoms with van der Waals surface area (Å²) in [5, 5.41) is 3.06. The van der Waals surface area contributed by atoms with Crippen molar-refractivity contribution in [2.24, 2.45) is 0 Å². The van der Waals surface area contributed by atoms with Gasteiger partial charge in [-0.3, -0.25) is 9.59 Å². The van der Waals surface area contributed by atoms with E-state index in [0.717, 1.165) is 39.2 Å². The molecule has 2 heterocycles. The maximum atomic E-state index is 13.1. The zero-order valence-corrected chi connectivity index (χ0v) is 18.5. The fourth-order valence-electron chi connectivity index (χ4n) is 5.35. The number of nitrogens with one attached hydrogen (secondary N) is 2. The van der Waals surface area contributed by atoms with Crippen molar-refractivity contribution in [3.05, 3.63) is 93.8 Å². The highest BCUT2D eigenvalue weighted by atomic mass is 16.5. The zero-order valence-electron chi connectivity index (χ0n) is 18.5. The van der Waals surface area contributed by atoms with Crippen molar-refractivity contribution in [1.82, 2.24) is 4.98 Å². The molecule has 0 fully saturated rings. The van der Waals surface area contributed by atoms with E-state index in [1.165, 1.54) is 18.2 Å². The summed E-state index contributed by atoms with van der Waals surface area (Å²) in [4.78, 5) is 28.4. The number of hydrogen-bond donors (Lipinski definition) is 2. The highest BCUT2D eigenvalue weighted by Gasteiger charge is 2.43. The summed E-state index contributed by atoms with van der Waals surface area (Å²) in [5.74, 6) is -0.479. The van der Waals surface area contributed by atoms with Gasteiger partial charge in [-0.2, -0.15) is 0 Å². The van der Waals surface area contributed by atoms with Gasteiger partial charge in [0.2, 0.25) is 5.91 Å². The fraction of sp³-hybridized carbons (Fsp3) is 0.259. The van der Waals surface area contributed by atoms with Crippen LogP contribution < -0.4 is 5.32 Å². The Morgan fingerprint density at radius 2 is 1.72 bits per heavy atom. The van der Waals surface area contributed by atoms with E-state index in [2.05, 4.69) is 36.3 Å². The molecule has 0 saturated carbocycles. The van der Waals surface area contributed by atoms with Gasteiger partial charge in [0, 0.05) is 35.5 Å². The number of carbonyl (C=O) groups excluding carboxylic acids is 2. The summed E-state index contributed by atoms with van der Waals surface area (Å²) in [6.45, 7) is 4.19. The second-order valence-corrected chi connectivity index (χ2v) is 8.58. The first-order chi connectivity index (χ1) is 15.5. The summed E-state index contributed by atoms with van der Waals surface area (Å²) in [5.41, 5.74) is 9.84. The number of fused-ring (bicyclic) bond motifs is 2. The number of hydrogen-bond acceptors (Lipinski definition) is 3. The molecule has 3 aromatic rings. The molecule has 5 nitrogen and oxygen atoms in total. The molecule has 0 spiro atoms. The Balaban J connectivity index is 1.64. The maximum absolute atomic E-state index is 13.1. The number of ether oxygens (including phenoxy) is 1. The van der Waals surface area contributed by atoms with Crippen LogP contribution in [-0.2, 0) is 20.7 Å². The molecule has 1 aliphatic carbocycles. The van der Waals surface area contributed by atoms with E-state index in [9.17, 15) is 9.59 Å². The van der Waals surface area contributed by atoms with Gasteiger partial charge in [-0.05, 0) is 54.2 Å². The Labute approximate surface area is 187 Å². The Morgan fingerprint density at radius 3 is 2.50 bits per heavy atom. The van der Waals surface area contributed by atoms with Crippen LogP contribution in [0.15, 0.2) is 60.3 Å². The number of esters is 1. The van der Waals surface area contributed by atoms with E-state index in [0.29, 0.717) is 12.8 Å². The highest BCUT2D eigenvalue weighted by Crippen LogP contribution is 2.53. The number of carbonyl (C=O) groups is 2. The quantitative estimate of drug-likeness (QED) is 0.559. The van der Waals surface area contributed by atoms with Crippen LogP contribution in [0.1, 0.15) is 58.7 Å². The molecule has 2 aromatic carbocycles. The Kier molecular flexibility index (Phi) is 4.97. The number of para-hydroxylation sites is 1. The Bertz CT molecular complexity index is 1270. The van der Waals surface area contributed by atoms with Crippen LogP contribution in [0.2, 0.25) is 0 Å². The average Bonchev–Trinajstić information content (AvgIpc) is 3.41. The van der Waals surface area contributed by atoms with Crippen molar-refractivity contribution in [3.63, 3.8) is 0 Å². The highest BCUT2D eigenvalue weighted by molar-refractivity contribution is 6.05. The molecule has 32 heavy (non-hydrogen) atoms. The summed E-state index contributed by atoms with van der Waals surface area (Å²) in [7, 11) is 1.42. The van der Waals surface area contributed by atoms with Crippen LogP contribution in [0.4, 0.5) is 5.69 Å². The fourth-order valence-corrected chi connectivity index (χ4v) is 5.35. The molecule has 2 atom stereocenters. The lowest BCUT2D eigenvalue weighted by Crippen LogP contribution is -2.19. The third kappa shape index (κ3) is 3.08. The van der Waals surface area contributed by atoms with E-state index < -0.39 is 0 Å². The third-order valence-corrected chi connectivity index (χ3v) is 6.86. The third-order valence-electron chi connectivity index (χ3n) is 6.86. The van der Waals surface area contributed by atoms with Crippen LogP contribution in [0.3, 0.4) is 0 Å². The number of rotatable bonds is 5. The van der Waals surface area contributed by atoms with Gasteiger partial charge in [-0.15, -0.1) is 0 Å². The Hall–Kier alpha value is -3.60. The molecular weight excluding hydrogens is 400 g/mol. The molecule has 5 heteroatoms. The lowest BCUT2D eigenvalue weighted by molar-refractivity contribution is -0.140. The van der Waals surface area contributed by atoms with E-state index in [4.69, 9.17) is 4.74 Å². The summed E-state index contributed by atoms with van der Waals surface area (Å²) in [6.07, 6.45) is 2.93. The first-order valence-electron chi connectivity index (χ1n) is 10.9. The molecule has 2 unspecified atom stereocenters. The minimum Gasteiger partial charge on any atom is -0.469 e. The van der Waals surface area contributed by atoms with Crippen LogP contribution in [0.5, 0.6) is 0 Å². The summed E-state index contributed by atoms with van der Waals surface area (Å²) >= 11 is 0. The number of amides is 1. The van der Waals surface area contributed by atoms with Gasteiger partial charge >= 0.3 is 5.97 Å². The normalized spacial score (nSPS) is 19.0. The van der Waals surface area contributed by atoms with Crippen molar-refractivity contribution in [3.8, 4) is 0 Å². The number of anilines is 1. The molecule has 1 aliphatic heterocycles. The predicted molar refractivity (Wildman–Crippen MR) is 125 cm³/mol. The first-order valence-corrected chi connectivity index (χ1v) is 10.9. The molecule has 2 N–H and O–H groups in total. The number of H-pyrrole nitrogens is 1. The monoisotopic (exact) mass is 426 g/mol. The molecule has 2 aliphatic rings. The van der Waals surface area contributed by atoms with E-state index in [1.54, 1.807) is 0 Å². The average molecular weight is 427 g/mol. The van der Waals surface area contributed by atoms with Crippen LogP contribution in [-0.4, -0.2) is 24.0 Å². The molecule has 1 aromatic heterocycles. The Morgan fingerprint density at radius 1 is 1.00 bits per heavy atom.